The zero-order valence-corrected chi connectivity index (χ0v) is 24.5. The van der Waals surface area contributed by atoms with Gasteiger partial charge in [0.2, 0.25) is 5.89 Å². The van der Waals surface area contributed by atoms with Crippen molar-refractivity contribution in [1.29, 1.82) is 0 Å². The summed E-state index contributed by atoms with van der Waals surface area (Å²) in [6.07, 6.45) is 1.93. The molecular formula is C31H46N2O7. The first kappa shape index (κ1) is 30.6. The predicted octanol–water partition coefficient (Wildman–Crippen LogP) is 4.75. The van der Waals surface area contributed by atoms with Gasteiger partial charge in [0.1, 0.15) is 17.4 Å². The van der Waals surface area contributed by atoms with Crippen LogP contribution in [0.15, 0.2) is 22.6 Å². The van der Waals surface area contributed by atoms with Gasteiger partial charge in [-0.05, 0) is 49.8 Å². The van der Waals surface area contributed by atoms with Gasteiger partial charge in [0, 0.05) is 12.3 Å². The molecule has 9 nitrogen and oxygen atoms in total. The summed E-state index contributed by atoms with van der Waals surface area (Å²) >= 11 is 0. The number of hydrogen-bond acceptors (Lipinski definition) is 9. The lowest BCUT2D eigenvalue weighted by Crippen LogP contribution is -2.46. The lowest BCUT2D eigenvalue weighted by molar-refractivity contribution is -0.156. The molecule has 222 valence electrons. The van der Waals surface area contributed by atoms with E-state index in [1.165, 1.54) is 0 Å². The molecule has 3 heterocycles. The lowest BCUT2D eigenvalue weighted by Gasteiger charge is -2.36. The second-order valence-electron chi connectivity index (χ2n) is 12.6. The van der Waals surface area contributed by atoms with Crippen LogP contribution in [0.25, 0.3) is 11.1 Å². The number of carbonyl (C=O) groups is 2. The zero-order chi connectivity index (χ0) is 29.2. The smallest absolute Gasteiger partial charge is 0.309 e. The largest absolute Gasteiger partial charge is 0.457 e. The number of fused-ring (bicyclic) bond motifs is 2. The molecular weight excluding hydrogens is 512 g/mol. The second kappa shape index (κ2) is 12.3. The zero-order valence-electron chi connectivity index (χ0n) is 24.5. The second-order valence-corrected chi connectivity index (χ2v) is 12.6. The van der Waals surface area contributed by atoms with E-state index in [0.717, 1.165) is 37.7 Å². The molecule has 0 spiro atoms. The van der Waals surface area contributed by atoms with Crippen LogP contribution in [0.2, 0.25) is 0 Å². The summed E-state index contributed by atoms with van der Waals surface area (Å²) in [7, 11) is 0. The summed E-state index contributed by atoms with van der Waals surface area (Å²) in [5.74, 6) is -1.09. The molecule has 2 saturated heterocycles. The van der Waals surface area contributed by atoms with Crippen molar-refractivity contribution in [2.45, 2.75) is 123 Å². The third-order valence-corrected chi connectivity index (χ3v) is 9.10. The highest BCUT2D eigenvalue weighted by Gasteiger charge is 2.53. The minimum Gasteiger partial charge on any atom is -0.457 e. The number of aromatic nitrogens is 1. The molecule has 7 atom stereocenters. The van der Waals surface area contributed by atoms with Crippen LogP contribution in [0.5, 0.6) is 0 Å². The van der Waals surface area contributed by atoms with E-state index in [2.05, 4.69) is 11.9 Å². The number of ether oxygens (including phenoxy) is 2. The van der Waals surface area contributed by atoms with Crippen LogP contribution in [0.3, 0.4) is 0 Å². The van der Waals surface area contributed by atoms with Crippen LogP contribution in [-0.4, -0.2) is 50.9 Å². The fourth-order valence-corrected chi connectivity index (χ4v) is 6.02. The summed E-state index contributed by atoms with van der Waals surface area (Å²) in [4.78, 5) is 31.4. The summed E-state index contributed by atoms with van der Waals surface area (Å²) in [6, 6.07) is 5.46. The monoisotopic (exact) mass is 558 g/mol. The first-order valence-electron chi connectivity index (χ1n) is 14.8. The number of carbonyl (C=O) groups excluding carboxylic acids is 2. The Morgan fingerprint density at radius 2 is 1.93 bits per heavy atom. The van der Waals surface area contributed by atoms with Gasteiger partial charge in [-0.15, -0.1) is 0 Å². The molecule has 0 bridgehead atoms. The van der Waals surface area contributed by atoms with Crippen molar-refractivity contribution in [3.8, 4) is 0 Å². The number of aliphatic hydroxyl groups is 2. The topological polar surface area (TPSA) is 148 Å². The third kappa shape index (κ3) is 6.59. The van der Waals surface area contributed by atoms with E-state index in [9.17, 15) is 19.8 Å². The van der Waals surface area contributed by atoms with Gasteiger partial charge in [-0.25, -0.2) is 4.98 Å². The molecule has 1 aromatic carbocycles. The Morgan fingerprint density at radius 3 is 2.62 bits per heavy atom. The lowest BCUT2D eigenvalue weighted by atomic mass is 9.71. The van der Waals surface area contributed by atoms with Gasteiger partial charge in [-0.3, -0.25) is 9.59 Å². The van der Waals surface area contributed by atoms with Gasteiger partial charge in [0.25, 0.3) is 0 Å². The Balaban J connectivity index is 1.62. The number of ketones is 1. The maximum Gasteiger partial charge on any atom is 0.309 e. The van der Waals surface area contributed by atoms with E-state index in [1.54, 1.807) is 19.9 Å². The van der Waals surface area contributed by atoms with Crippen LogP contribution >= 0.6 is 0 Å². The van der Waals surface area contributed by atoms with Gasteiger partial charge in [0.05, 0.1) is 42.3 Å². The number of unbranched alkanes of at least 4 members (excludes halogenated alkanes) is 1. The number of epoxide rings is 1. The summed E-state index contributed by atoms with van der Waals surface area (Å²) < 4.78 is 17.7. The Labute approximate surface area is 236 Å². The Hall–Kier alpha value is -2.33. The third-order valence-electron chi connectivity index (χ3n) is 9.10. The highest BCUT2D eigenvalue weighted by Crippen LogP contribution is 2.47. The minimum atomic E-state index is -1.26. The summed E-state index contributed by atoms with van der Waals surface area (Å²) in [5, 5.41) is 22.4. The molecule has 2 aliphatic heterocycles. The van der Waals surface area contributed by atoms with Crippen LogP contribution in [0.1, 0.15) is 104 Å². The number of nitrogens with two attached hydrogens (primary N) is 1. The van der Waals surface area contributed by atoms with Gasteiger partial charge in [-0.2, -0.15) is 0 Å². The number of aliphatic hydroxyl groups excluding tert-OH is 2. The molecule has 0 amide bonds. The van der Waals surface area contributed by atoms with Crippen LogP contribution in [-0.2, 0) is 25.6 Å². The van der Waals surface area contributed by atoms with E-state index in [4.69, 9.17) is 19.6 Å². The van der Waals surface area contributed by atoms with E-state index in [-0.39, 0.29) is 36.4 Å². The Morgan fingerprint density at radius 1 is 1.18 bits per heavy atom. The van der Waals surface area contributed by atoms with Crippen molar-refractivity contribution in [1.82, 2.24) is 4.98 Å². The van der Waals surface area contributed by atoms with Crippen molar-refractivity contribution >= 4 is 22.9 Å². The highest BCUT2D eigenvalue weighted by molar-refractivity contribution is 5.88. The van der Waals surface area contributed by atoms with E-state index in [0.29, 0.717) is 29.8 Å². The molecule has 40 heavy (non-hydrogen) atoms. The number of oxazole rings is 1. The molecule has 2 aliphatic rings. The van der Waals surface area contributed by atoms with E-state index < -0.39 is 35.6 Å². The average molecular weight is 559 g/mol. The quantitative estimate of drug-likeness (QED) is 0.349. The standard InChI is InChI=1S/C31H46N2O7/c1-6-7-10-20-28(36)18(2)9-8-13-31(5)25(40-31)15-23(39-27(35)16-24(34)30(3,4)29(20)37)19-11-12-22-21(14-19)33-26(17-32)38-22/h11-12,14,18,20,23-25,28,34,36H,6-10,13,15-17,32H2,1-5H3. The molecule has 0 saturated carbocycles. The van der Waals surface area contributed by atoms with Crippen molar-refractivity contribution in [3.63, 3.8) is 0 Å². The van der Waals surface area contributed by atoms with Gasteiger partial charge in [-0.1, -0.05) is 53.0 Å². The van der Waals surface area contributed by atoms with Crippen molar-refractivity contribution in [3.05, 3.63) is 29.7 Å². The summed E-state index contributed by atoms with van der Waals surface area (Å²) in [5.41, 5.74) is 6.07. The molecule has 7 unspecified atom stereocenters. The SMILES string of the molecule is CCCCC1C(=O)C(C)(C)C(O)CC(=O)OC(c2ccc3oc(CN)nc3c2)CC2OC2(C)CCCC(C)C1O. The molecule has 1 aromatic heterocycles. The molecule has 4 N–H and O–H groups in total. The maximum atomic E-state index is 13.8. The summed E-state index contributed by atoms with van der Waals surface area (Å²) in [6.45, 7) is 9.59. The van der Waals surface area contributed by atoms with Gasteiger partial charge in [0.15, 0.2) is 5.58 Å². The predicted molar refractivity (Wildman–Crippen MR) is 150 cm³/mol. The fourth-order valence-electron chi connectivity index (χ4n) is 6.02. The number of esters is 1. The number of rotatable bonds is 5. The fraction of sp³-hybridized carbons (Fsp3) is 0.710. The van der Waals surface area contributed by atoms with Gasteiger partial charge < -0.3 is 29.8 Å². The molecule has 2 fully saturated rings. The first-order chi connectivity index (χ1) is 18.9. The van der Waals surface area contributed by atoms with Crippen molar-refractivity contribution in [2.24, 2.45) is 23.0 Å². The van der Waals surface area contributed by atoms with Crippen LogP contribution in [0.4, 0.5) is 0 Å². The normalized spacial score (nSPS) is 33.9. The van der Waals surface area contributed by atoms with E-state index in [1.807, 2.05) is 26.0 Å². The van der Waals surface area contributed by atoms with E-state index >= 15 is 0 Å². The first-order valence-corrected chi connectivity index (χ1v) is 14.8. The number of hydrogen-bond donors (Lipinski definition) is 3. The Kier molecular flexibility index (Phi) is 9.39. The minimum absolute atomic E-state index is 0.0854. The van der Waals surface area contributed by atoms with Gasteiger partial charge >= 0.3 is 5.97 Å². The number of benzene rings is 1. The maximum absolute atomic E-state index is 13.8. The van der Waals surface area contributed by atoms with Crippen molar-refractivity contribution < 1.29 is 33.7 Å². The van der Waals surface area contributed by atoms with Crippen LogP contribution < -0.4 is 5.73 Å². The molecule has 4 rings (SSSR count). The molecule has 2 aromatic rings. The number of cyclic esters (lactones) is 1. The highest BCUT2D eigenvalue weighted by atomic mass is 16.6. The molecule has 9 heteroatoms. The van der Waals surface area contributed by atoms with Crippen LogP contribution in [0, 0.1) is 17.3 Å². The molecule has 0 radical (unpaired) electrons. The Bertz CT molecular complexity index is 1190. The number of nitrogens with zero attached hydrogens (tertiary/aromatic N) is 1. The number of Topliss-reactive ketones (excluding diaryl/α,β-unsaturated/α-hetero) is 1. The molecule has 0 aliphatic carbocycles. The van der Waals surface area contributed by atoms with Crippen molar-refractivity contribution in [2.75, 3.05) is 0 Å². The average Bonchev–Trinajstić information content (AvgIpc) is 3.35.